The molecule has 136 valence electrons. The zero-order valence-electron chi connectivity index (χ0n) is 13.1. The third-order valence-corrected chi connectivity index (χ3v) is 4.72. The molecular weight excluding hydrogens is 350 g/mol. The van der Waals surface area contributed by atoms with Crippen molar-refractivity contribution in [2.75, 3.05) is 11.9 Å². The Hall–Kier alpha value is -1.69. The topological polar surface area (TPSA) is 141 Å². The first-order valence-electron chi connectivity index (χ1n) is 7.67. The summed E-state index contributed by atoms with van der Waals surface area (Å²) in [7, 11) is 0. The van der Waals surface area contributed by atoms with Gasteiger partial charge in [0.1, 0.15) is 29.9 Å². The van der Waals surface area contributed by atoms with E-state index in [9.17, 15) is 20.4 Å². The molecule has 2 heterocycles. The van der Waals surface area contributed by atoms with Crippen molar-refractivity contribution < 1.29 is 29.6 Å². The van der Waals surface area contributed by atoms with E-state index < -0.39 is 36.5 Å². The van der Waals surface area contributed by atoms with Gasteiger partial charge in [-0.2, -0.15) is 0 Å². The van der Waals surface area contributed by atoms with Crippen LogP contribution >= 0.6 is 11.8 Å². The molecule has 1 aromatic heterocycles. The molecular formula is C15H19N3O6S. The van der Waals surface area contributed by atoms with Crippen molar-refractivity contribution in [3.05, 3.63) is 36.2 Å². The molecule has 10 heteroatoms. The van der Waals surface area contributed by atoms with Gasteiger partial charge in [0.25, 0.3) is 5.22 Å². The third kappa shape index (κ3) is 4.29. The van der Waals surface area contributed by atoms with Crippen LogP contribution in [-0.2, 0) is 11.3 Å². The van der Waals surface area contributed by atoms with Gasteiger partial charge >= 0.3 is 0 Å². The summed E-state index contributed by atoms with van der Waals surface area (Å²) in [5.41, 5.74) is -0.0465. The lowest BCUT2D eigenvalue weighted by molar-refractivity contribution is -0.205. The fourth-order valence-corrected chi connectivity index (χ4v) is 3.28. The van der Waals surface area contributed by atoms with Gasteiger partial charge in [0, 0.05) is 5.69 Å². The third-order valence-electron chi connectivity index (χ3n) is 3.73. The molecule has 5 atom stereocenters. The molecule has 9 nitrogen and oxygen atoms in total. The van der Waals surface area contributed by atoms with Crippen LogP contribution in [0.3, 0.4) is 0 Å². The summed E-state index contributed by atoms with van der Waals surface area (Å²) in [5, 5.41) is 49.8. The van der Waals surface area contributed by atoms with Crippen LogP contribution in [0.2, 0.25) is 0 Å². The minimum atomic E-state index is -1.44. The smallest absolute Gasteiger partial charge is 0.279 e. The lowest BCUT2D eigenvalue weighted by atomic mass is 10.0. The standard InChI is InChI=1S/C15H19N3O6S/c19-7-9-11(20)12(21)13(22)14(23-9)25-15-18-17-10(24-15)6-16-8-4-2-1-3-5-8/h1-5,9,11-14,16,19-22H,6-7H2/t9-,11-,12+,13-,14+/m1/s1. The summed E-state index contributed by atoms with van der Waals surface area (Å²) in [6, 6.07) is 9.51. The number of ether oxygens (including phenoxy) is 1. The molecule has 0 aliphatic carbocycles. The minimum Gasteiger partial charge on any atom is -0.414 e. The molecule has 0 unspecified atom stereocenters. The maximum Gasteiger partial charge on any atom is 0.279 e. The van der Waals surface area contributed by atoms with E-state index in [0.29, 0.717) is 12.4 Å². The first-order valence-corrected chi connectivity index (χ1v) is 8.55. The molecule has 3 rings (SSSR count). The number of aromatic nitrogens is 2. The van der Waals surface area contributed by atoms with E-state index in [1.54, 1.807) is 0 Å². The number of para-hydroxylation sites is 1. The second kappa shape index (κ2) is 8.13. The quantitative estimate of drug-likeness (QED) is 0.455. The van der Waals surface area contributed by atoms with E-state index in [4.69, 9.17) is 9.15 Å². The highest BCUT2D eigenvalue weighted by Gasteiger charge is 2.44. The van der Waals surface area contributed by atoms with E-state index in [1.807, 2.05) is 30.3 Å². The van der Waals surface area contributed by atoms with Gasteiger partial charge in [-0.1, -0.05) is 18.2 Å². The molecule has 5 N–H and O–H groups in total. The molecule has 1 fully saturated rings. The summed E-state index contributed by atoms with van der Waals surface area (Å²) in [5.74, 6) is 0.343. The number of thioether (sulfide) groups is 1. The fraction of sp³-hybridized carbons (Fsp3) is 0.467. The van der Waals surface area contributed by atoms with Gasteiger partial charge in [-0.25, -0.2) is 0 Å². The monoisotopic (exact) mass is 369 g/mol. The molecule has 0 radical (unpaired) electrons. The number of nitrogens with zero attached hydrogens (tertiary/aromatic N) is 2. The maximum absolute atomic E-state index is 10.0. The van der Waals surface area contributed by atoms with Crippen molar-refractivity contribution >= 4 is 17.4 Å². The Morgan fingerprint density at radius 2 is 1.80 bits per heavy atom. The predicted octanol–water partition coefficient (Wildman–Crippen LogP) is -0.426. The highest BCUT2D eigenvalue weighted by atomic mass is 32.2. The van der Waals surface area contributed by atoms with Crippen molar-refractivity contribution in [1.29, 1.82) is 0 Å². The van der Waals surface area contributed by atoms with E-state index in [2.05, 4.69) is 15.5 Å². The molecule has 2 aromatic rings. The van der Waals surface area contributed by atoms with Crippen LogP contribution in [0.5, 0.6) is 0 Å². The van der Waals surface area contributed by atoms with Gasteiger partial charge < -0.3 is 34.9 Å². The Kier molecular flexibility index (Phi) is 5.89. The number of hydrogen-bond donors (Lipinski definition) is 5. The highest BCUT2D eigenvalue weighted by Crippen LogP contribution is 2.32. The number of rotatable bonds is 6. The summed E-state index contributed by atoms with van der Waals surface area (Å²) in [6.45, 7) is -0.162. The van der Waals surface area contributed by atoms with Gasteiger partial charge in [-0.05, 0) is 23.9 Å². The van der Waals surface area contributed by atoms with Crippen LogP contribution in [0, 0.1) is 0 Å². The summed E-state index contributed by atoms with van der Waals surface area (Å²) in [4.78, 5) is 0. The summed E-state index contributed by atoms with van der Waals surface area (Å²) < 4.78 is 10.9. The van der Waals surface area contributed by atoms with E-state index in [1.165, 1.54) is 0 Å². The predicted molar refractivity (Wildman–Crippen MR) is 87.7 cm³/mol. The average Bonchev–Trinajstić information content (AvgIpc) is 3.09. The first kappa shape index (κ1) is 18.1. The van der Waals surface area contributed by atoms with Gasteiger partial charge in [0.2, 0.25) is 5.89 Å². The van der Waals surface area contributed by atoms with Crippen molar-refractivity contribution in [2.24, 2.45) is 0 Å². The van der Waals surface area contributed by atoms with E-state index >= 15 is 0 Å². The SMILES string of the molecule is OC[C@H]1O[C@@H](Sc2nnc(CNc3ccccc3)o2)[C@H](O)[C@@H](O)[C@@H]1O. The normalized spacial score (nSPS) is 29.5. The Morgan fingerprint density at radius 1 is 1.04 bits per heavy atom. The second-order valence-corrected chi connectivity index (χ2v) is 6.55. The number of anilines is 1. The molecule has 0 bridgehead atoms. The van der Waals surface area contributed by atoms with Crippen molar-refractivity contribution in [3.63, 3.8) is 0 Å². The van der Waals surface area contributed by atoms with Crippen molar-refractivity contribution in [2.45, 2.75) is 41.6 Å². The van der Waals surface area contributed by atoms with Crippen LogP contribution < -0.4 is 5.32 Å². The first-order chi connectivity index (χ1) is 12.1. The zero-order valence-corrected chi connectivity index (χ0v) is 13.9. The van der Waals surface area contributed by atoms with Crippen molar-refractivity contribution in [3.8, 4) is 0 Å². The largest absolute Gasteiger partial charge is 0.414 e. The fourth-order valence-electron chi connectivity index (χ4n) is 2.36. The van der Waals surface area contributed by atoms with Gasteiger partial charge in [-0.3, -0.25) is 0 Å². The molecule has 25 heavy (non-hydrogen) atoms. The molecule has 1 saturated heterocycles. The minimum absolute atomic E-state index is 0.147. The molecule has 1 aliphatic rings. The lowest BCUT2D eigenvalue weighted by Gasteiger charge is -2.38. The van der Waals surface area contributed by atoms with E-state index in [0.717, 1.165) is 17.4 Å². The molecule has 1 aromatic carbocycles. The average molecular weight is 369 g/mol. The molecule has 0 spiro atoms. The lowest BCUT2D eigenvalue weighted by Crippen LogP contribution is -2.57. The summed E-state index contributed by atoms with van der Waals surface area (Å²) >= 11 is 0.918. The zero-order chi connectivity index (χ0) is 17.8. The number of aliphatic hydroxyl groups is 4. The Bertz CT molecular complexity index is 670. The van der Waals surface area contributed by atoms with Crippen LogP contribution in [-0.4, -0.2) is 67.1 Å². The molecule has 0 amide bonds. The highest BCUT2D eigenvalue weighted by molar-refractivity contribution is 7.99. The van der Waals surface area contributed by atoms with Crippen LogP contribution in [0.15, 0.2) is 40.0 Å². The Balaban J connectivity index is 1.59. The number of aliphatic hydroxyl groups excluding tert-OH is 4. The summed E-state index contributed by atoms with van der Waals surface area (Å²) in [6.07, 6.45) is -5.17. The van der Waals surface area contributed by atoms with Crippen LogP contribution in [0.4, 0.5) is 5.69 Å². The number of hydrogen-bond acceptors (Lipinski definition) is 10. The number of nitrogens with one attached hydrogen (secondary N) is 1. The van der Waals surface area contributed by atoms with Crippen LogP contribution in [0.25, 0.3) is 0 Å². The van der Waals surface area contributed by atoms with Gasteiger partial charge in [0.15, 0.2) is 0 Å². The van der Waals surface area contributed by atoms with Crippen molar-refractivity contribution in [1.82, 2.24) is 10.2 Å². The maximum atomic E-state index is 10.0. The van der Waals surface area contributed by atoms with E-state index in [-0.39, 0.29) is 5.22 Å². The number of benzene rings is 1. The van der Waals surface area contributed by atoms with Gasteiger partial charge in [0.05, 0.1) is 13.2 Å². The molecule has 1 aliphatic heterocycles. The molecule has 0 saturated carbocycles. The van der Waals surface area contributed by atoms with Crippen LogP contribution in [0.1, 0.15) is 5.89 Å². The van der Waals surface area contributed by atoms with Gasteiger partial charge in [-0.15, -0.1) is 10.2 Å². The Morgan fingerprint density at radius 3 is 2.52 bits per heavy atom. The second-order valence-electron chi connectivity index (χ2n) is 5.50. The Labute approximate surface area is 147 Å².